The highest BCUT2D eigenvalue weighted by Crippen LogP contribution is 2.26. The van der Waals surface area contributed by atoms with Gasteiger partial charge >= 0.3 is 6.03 Å². The fraction of sp³-hybridized carbons (Fsp3) is 0.643. The van der Waals surface area contributed by atoms with Crippen LogP contribution in [0, 0.1) is 5.92 Å². The monoisotopic (exact) mass is 298 g/mol. The number of hydrogen-bond acceptors (Lipinski definition) is 4. The first-order chi connectivity index (χ1) is 9.57. The molecular formula is C14H22N2O3S. The highest BCUT2D eigenvalue weighted by atomic mass is 32.1. The van der Waals surface area contributed by atoms with Gasteiger partial charge in [-0.3, -0.25) is 0 Å². The van der Waals surface area contributed by atoms with Crippen molar-refractivity contribution in [2.45, 2.75) is 32.6 Å². The normalized spacial score (nSPS) is 18.7. The number of thiophene rings is 1. The van der Waals surface area contributed by atoms with Crippen molar-refractivity contribution in [3.8, 4) is 0 Å². The molecule has 1 aliphatic heterocycles. The van der Waals surface area contributed by atoms with Crippen molar-refractivity contribution in [2.24, 2.45) is 5.92 Å². The van der Waals surface area contributed by atoms with Gasteiger partial charge in [0, 0.05) is 19.5 Å². The molecule has 20 heavy (non-hydrogen) atoms. The average molecular weight is 298 g/mol. The van der Waals surface area contributed by atoms with Gasteiger partial charge in [-0.2, -0.15) is 11.3 Å². The van der Waals surface area contributed by atoms with Crippen LogP contribution in [0.25, 0.3) is 0 Å². The number of nitrogens with one attached hydrogen (secondary N) is 2. The Labute approximate surface area is 123 Å². The Hall–Kier alpha value is -1.11. The van der Waals surface area contributed by atoms with E-state index in [4.69, 9.17) is 9.47 Å². The van der Waals surface area contributed by atoms with E-state index in [1.165, 1.54) is 0 Å². The Morgan fingerprint density at radius 1 is 1.45 bits per heavy atom. The minimum absolute atomic E-state index is 0.138. The van der Waals surface area contributed by atoms with Gasteiger partial charge < -0.3 is 20.1 Å². The van der Waals surface area contributed by atoms with E-state index >= 15 is 0 Å². The van der Waals surface area contributed by atoms with Crippen molar-refractivity contribution in [3.63, 3.8) is 0 Å². The first kappa shape index (κ1) is 15.3. The van der Waals surface area contributed by atoms with E-state index in [2.05, 4.69) is 17.6 Å². The summed E-state index contributed by atoms with van der Waals surface area (Å²) in [5, 5.41) is 9.74. The summed E-state index contributed by atoms with van der Waals surface area (Å²) in [4.78, 5) is 11.7. The molecule has 2 N–H and O–H groups in total. The lowest BCUT2D eigenvalue weighted by molar-refractivity contribution is -0.153. The number of carbonyl (C=O) groups is 1. The molecule has 1 fully saturated rings. The van der Waals surface area contributed by atoms with Gasteiger partial charge in [0.15, 0.2) is 5.79 Å². The Morgan fingerprint density at radius 3 is 2.85 bits per heavy atom. The molecule has 0 radical (unpaired) electrons. The van der Waals surface area contributed by atoms with Crippen LogP contribution in [0.4, 0.5) is 4.79 Å². The summed E-state index contributed by atoms with van der Waals surface area (Å²) >= 11 is 1.63. The van der Waals surface area contributed by atoms with Gasteiger partial charge in [-0.25, -0.2) is 4.79 Å². The SMILES string of the molecule is CC(CNC(=O)NCc1ccsc1)CC1(C)OCCO1. The number of ether oxygens (including phenoxy) is 2. The fourth-order valence-corrected chi connectivity index (χ4v) is 2.95. The summed E-state index contributed by atoms with van der Waals surface area (Å²) in [7, 11) is 0. The van der Waals surface area contributed by atoms with Crippen molar-refractivity contribution >= 4 is 17.4 Å². The van der Waals surface area contributed by atoms with Crippen LogP contribution in [0.2, 0.25) is 0 Å². The predicted molar refractivity (Wildman–Crippen MR) is 78.6 cm³/mol. The maximum Gasteiger partial charge on any atom is 0.315 e. The second kappa shape index (κ2) is 7.06. The first-order valence-corrected chi connectivity index (χ1v) is 7.82. The average Bonchev–Trinajstić information content (AvgIpc) is 3.05. The van der Waals surface area contributed by atoms with Crippen LogP contribution in [-0.4, -0.2) is 31.6 Å². The Morgan fingerprint density at radius 2 is 2.20 bits per heavy atom. The number of urea groups is 1. The van der Waals surface area contributed by atoms with Crippen LogP contribution in [0.1, 0.15) is 25.8 Å². The van der Waals surface area contributed by atoms with Crippen molar-refractivity contribution in [2.75, 3.05) is 19.8 Å². The molecule has 2 heterocycles. The highest BCUT2D eigenvalue weighted by Gasteiger charge is 2.32. The molecule has 5 nitrogen and oxygen atoms in total. The maximum absolute atomic E-state index is 11.7. The predicted octanol–water partition coefficient (Wildman–Crippen LogP) is 2.34. The van der Waals surface area contributed by atoms with Gasteiger partial charge in [-0.15, -0.1) is 0 Å². The third-order valence-electron chi connectivity index (χ3n) is 3.26. The van der Waals surface area contributed by atoms with Crippen molar-refractivity contribution < 1.29 is 14.3 Å². The molecule has 0 aromatic carbocycles. The molecule has 2 rings (SSSR count). The molecule has 2 amide bonds. The second-order valence-corrected chi connectivity index (χ2v) is 6.12. The van der Waals surface area contributed by atoms with E-state index in [0.717, 1.165) is 12.0 Å². The van der Waals surface area contributed by atoms with Crippen LogP contribution < -0.4 is 10.6 Å². The lowest BCUT2D eigenvalue weighted by atomic mass is 10.0. The van der Waals surface area contributed by atoms with Crippen molar-refractivity contribution in [1.82, 2.24) is 10.6 Å². The molecule has 0 saturated carbocycles. The van der Waals surface area contributed by atoms with Crippen molar-refractivity contribution in [3.05, 3.63) is 22.4 Å². The van der Waals surface area contributed by atoms with Gasteiger partial charge in [0.25, 0.3) is 0 Å². The molecule has 1 aliphatic rings. The van der Waals surface area contributed by atoms with Crippen LogP contribution in [0.5, 0.6) is 0 Å². The quantitative estimate of drug-likeness (QED) is 0.847. The topological polar surface area (TPSA) is 59.6 Å². The van der Waals surface area contributed by atoms with E-state index in [9.17, 15) is 4.79 Å². The van der Waals surface area contributed by atoms with Crippen LogP contribution in [0.3, 0.4) is 0 Å². The molecule has 0 spiro atoms. The Balaban J connectivity index is 1.62. The van der Waals surface area contributed by atoms with Gasteiger partial charge in [0.05, 0.1) is 13.2 Å². The Bertz CT molecular complexity index is 416. The number of hydrogen-bond donors (Lipinski definition) is 2. The fourth-order valence-electron chi connectivity index (χ4n) is 2.28. The lowest BCUT2D eigenvalue weighted by Gasteiger charge is -2.26. The third kappa shape index (κ3) is 4.77. The third-order valence-corrected chi connectivity index (χ3v) is 3.99. The zero-order chi connectivity index (χ0) is 14.4. The molecule has 1 unspecified atom stereocenters. The zero-order valence-corrected chi connectivity index (χ0v) is 12.8. The highest BCUT2D eigenvalue weighted by molar-refractivity contribution is 7.07. The molecule has 0 aliphatic carbocycles. The maximum atomic E-state index is 11.7. The summed E-state index contributed by atoms with van der Waals surface area (Å²) in [6.45, 7) is 6.50. The minimum Gasteiger partial charge on any atom is -0.348 e. The Kier molecular flexibility index (Phi) is 5.39. The standard InChI is InChI=1S/C14H22N2O3S/c1-11(7-14(2)18-4-5-19-14)8-15-13(17)16-9-12-3-6-20-10-12/h3,6,10-11H,4-5,7-9H2,1-2H3,(H2,15,16,17). The van der Waals surface area contributed by atoms with Crippen LogP contribution in [0.15, 0.2) is 16.8 Å². The molecule has 1 atom stereocenters. The molecule has 112 valence electrons. The largest absolute Gasteiger partial charge is 0.348 e. The number of carbonyl (C=O) groups excluding carboxylic acids is 1. The summed E-state index contributed by atoms with van der Waals surface area (Å²) in [6.07, 6.45) is 0.776. The van der Waals surface area contributed by atoms with E-state index in [1.807, 2.05) is 23.8 Å². The van der Waals surface area contributed by atoms with Gasteiger partial charge in [-0.05, 0) is 35.2 Å². The number of amides is 2. The molecular weight excluding hydrogens is 276 g/mol. The first-order valence-electron chi connectivity index (χ1n) is 6.88. The second-order valence-electron chi connectivity index (χ2n) is 5.34. The number of rotatable bonds is 6. The lowest BCUT2D eigenvalue weighted by Crippen LogP contribution is -2.39. The molecule has 1 aromatic rings. The van der Waals surface area contributed by atoms with Crippen LogP contribution >= 0.6 is 11.3 Å². The molecule has 6 heteroatoms. The van der Waals surface area contributed by atoms with E-state index < -0.39 is 5.79 Å². The summed E-state index contributed by atoms with van der Waals surface area (Å²) < 4.78 is 11.1. The van der Waals surface area contributed by atoms with E-state index in [1.54, 1.807) is 11.3 Å². The molecule has 0 bridgehead atoms. The summed E-state index contributed by atoms with van der Waals surface area (Å²) in [6, 6.07) is 1.87. The zero-order valence-electron chi connectivity index (χ0n) is 12.0. The van der Waals surface area contributed by atoms with Gasteiger partial charge in [0.1, 0.15) is 0 Å². The smallest absolute Gasteiger partial charge is 0.315 e. The molecule has 1 saturated heterocycles. The summed E-state index contributed by atoms with van der Waals surface area (Å²) in [5.41, 5.74) is 1.12. The van der Waals surface area contributed by atoms with Gasteiger partial charge in [-0.1, -0.05) is 6.92 Å². The summed E-state index contributed by atoms with van der Waals surface area (Å²) in [5.74, 6) is -0.196. The van der Waals surface area contributed by atoms with Crippen LogP contribution in [-0.2, 0) is 16.0 Å². The van der Waals surface area contributed by atoms with E-state index in [-0.39, 0.29) is 6.03 Å². The molecule has 1 aromatic heterocycles. The van der Waals surface area contributed by atoms with Gasteiger partial charge in [0.2, 0.25) is 0 Å². The van der Waals surface area contributed by atoms with Crippen molar-refractivity contribution in [1.29, 1.82) is 0 Å². The van der Waals surface area contributed by atoms with E-state index in [0.29, 0.717) is 32.2 Å². The minimum atomic E-state index is -0.492.